The molecule has 0 aromatic carbocycles. The zero-order chi connectivity index (χ0) is 31.9. The van der Waals surface area contributed by atoms with Gasteiger partial charge in [-0.15, -0.1) is 0 Å². The average molecular weight is 649 g/mol. The molecule has 8 heterocycles. The van der Waals surface area contributed by atoms with Crippen molar-refractivity contribution in [2.24, 2.45) is 5.92 Å². The van der Waals surface area contributed by atoms with Crippen LogP contribution in [-0.4, -0.2) is 81.6 Å². The van der Waals surface area contributed by atoms with Crippen LogP contribution in [0.15, 0.2) is 48.6 Å². The summed E-state index contributed by atoms with van der Waals surface area (Å²) in [5.74, 6) is 1.62. The fraction of sp³-hybridized carbons (Fsp3) is 0.526. The highest BCUT2D eigenvalue weighted by Gasteiger charge is 2.29. The molecule has 3 fully saturated rings. The zero-order valence-corrected chi connectivity index (χ0v) is 27.6. The van der Waals surface area contributed by atoms with Crippen LogP contribution in [0.4, 0.5) is 0 Å². The maximum Gasteiger partial charge on any atom is 0.156 e. The van der Waals surface area contributed by atoms with Gasteiger partial charge in [-0.2, -0.15) is 0 Å². The lowest BCUT2D eigenvalue weighted by Crippen LogP contribution is -2.17. The SMILES string of the molecule is C1=C(C2=CCc3ncc4nc(C5CCOCC5)cn4c32)CCOC1.C1=C(C2CCOCC2)c2c(ncc3nc(C4CCOCC4)cn23)C1. The van der Waals surface area contributed by atoms with Gasteiger partial charge in [0.1, 0.15) is 0 Å². The highest BCUT2D eigenvalue weighted by atomic mass is 16.5. The van der Waals surface area contributed by atoms with Crippen molar-refractivity contribution in [2.45, 2.75) is 69.6 Å². The molecule has 10 heteroatoms. The first-order chi connectivity index (χ1) is 23.8. The fourth-order valence-corrected chi connectivity index (χ4v) is 8.33. The Bertz CT molecular complexity index is 1900. The summed E-state index contributed by atoms with van der Waals surface area (Å²) in [7, 11) is 0. The highest BCUT2D eigenvalue weighted by molar-refractivity contribution is 5.82. The lowest BCUT2D eigenvalue weighted by atomic mass is 9.90. The predicted molar refractivity (Wildman–Crippen MR) is 182 cm³/mol. The van der Waals surface area contributed by atoms with Crippen molar-refractivity contribution < 1.29 is 18.9 Å². The van der Waals surface area contributed by atoms with Crippen molar-refractivity contribution in [2.75, 3.05) is 52.9 Å². The predicted octanol–water partition coefficient (Wildman–Crippen LogP) is 5.90. The van der Waals surface area contributed by atoms with Crippen LogP contribution in [0.5, 0.6) is 0 Å². The molecule has 4 aromatic heterocycles. The zero-order valence-electron chi connectivity index (χ0n) is 27.6. The third-order valence-corrected chi connectivity index (χ3v) is 11.0. The summed E-state index contributed by atoms with van der Waals surface area (Å²) in [5, 5.41) is 0. The minimum Gasteiger partial charge on any atom is -0.381 e. The first kappa shape index (κ1) is 30.4. The van der Waals surface area contributed by atoms with Crippen LogP contribution in [0.3, 0.4) is 0 Å². The Labute approximate surface area is 280 Å². The molecular formula is C38H44N6O4. The Morgan fingerprint density at radius 1 is 0.562 bits per heavy atom. The van der Waals surface area contributed by atoms with Crippen molar-refractivity contribution in [1.82, 2.24) is 28.7 Å². The van der Waals surface area contributed by atoms with Gasteiger partial charge in [-0.3, -0.25) is 18.8 Å². The molecule has 4 aliphatic heterocycles. The number of aromatic nitrogens is 6. The Morgan fingerprint density at radius 2 is 1.10 bits per heavy atom. The quantitative estimate of drug-likeness (QED) is 0.270. The summed E-state index contributed by atoms with van der Waals surface area (Å²) in [6, 6.07) is 0. The van der Waals surface area contributed by atoms with Crippen LogP contribution < -0.4 is 0 Å². The number of fused-ring (bicyclic) bond motifs is 6. The second-order valence-corrected chi connectivity index (χ2v) is 13.8. The molecule has 2 aliphatic carbocycles. The van der Waals surface area contributed by atoms with E-state index in [2.05, 4.69) is 44.4 Å². The van der Waals surface area contributed by atoms with Gasteiger partial charge in [0.05, 0.1) is 59.8 Å². The molecule has 0 bridgehead atoms. The topological polar surface area (TPSA) is 97.3 Å². The van der Waals surface area contributed by atoms with Crippen molar-refractivity contribution in [3.63, 3.8) is 0 Å². The number of ether oxygens (including phenoxy) is 4. The molecule has 10 rings (SSSR count). The first-order valence-corrected chi connectivity index (χ1v) is 17.9. The minimum atomic E-state index is 0.505. The van der Waals surface area contributed by atoms with Crippen LogP contribution in [0.25, 0.3) is 22.4 Å². The molecule has 10 nitrogen and oxygen atoms in total. The van der Waals surface area contributed by atoms with E-state index in [4.69, 9.17) is 33.9 Å². The number of hydrogen-bond acceptors (Lipinski definition) is 8. The first-order valence-electron chi connectivity index (χ1n) is 17.9. The molecule has 0 atom stereocenters. The molecule has 6 aliphatic rings. The fourth-order valence-electron chi connectivity index (χ4n) is 8.33. The van der Waals surface area contributed by atoms with E-state index in [9.17, 15) is 0 Å². The van der Waals surface area contributed by atoms with E-state index in [0.29, 0.717) is 24.4 Å². The number of imidazole rings is 2. The maximum absolute atomic E-state index is 5.54. The van der Waals surface area contributed by atoms with Crippen LogP contribution in [0.2, 0.25) is 0 Å². The third kappa shape index (κ3) is 5.72. The van der Waals surface area contributed by atoms with E-state index in [0.717, 1.165) is 121 Å². The van der Waals surface area contributed by atoms with Gasteiger partial charge >= 0.3 is 0 Å². The lowest BCUT2D eigenvalue weighted by Gasteiger charge is -2.24. The van der Waals surface area contributed by atoms with E-state index in [1.165, 1.54) is 45.2 Å². The van der Waals surface area contributed by atoms with E-state index in [-0.39, 0.29) is 0 Å². The van der Waals surface area contributed by atoms with Gasteiger partial charge in [-0.1, -0.05) is 18.2 Å². The number of allylic oxidation sites excluding steroid dienone is 4. The van der Waals surface area contributed by atoms with Crippen molar-refractivity contribution in [3.8, 4) is 0 Å². The standard InChI is InChI=1S/C19H23N3O2.C19H21N3O2/c2*1-2-16-19(15(1)13-3-7-23-8-4-13)22-12-17(21-18(22)11-20-16)14-5-9-24-10-6-14/h1,11-14H,2-10H2;1,3,11-12,14H,2,4-10H2. The maximum atomic E-state index is 5.54. The van der Waals surface area contributed by atoms with Crippen LogP contribution in [0.1, 0.15) is 90.9 Å². The molecule has 0 saturated carbocycles. The highest BCUT2D eigenvalue weighted by Crippen LogP contribution is 2.39. The molecule has 48 heavy (non-hydrogen) atoms. The summed E-state index contributed by atoms with van der Waals surface area (Å²) >= 11 is 0. The van der Waals surface area contributed by atoms with Crippen molar-refractivity contribution in [1.29, 1.82) is 0 Å². The van der Waals surface area contributed by atoms with E-state index in [1.54, 1.807) is 0 Å². The summed E-state index contributed by atoms with van der Waals surface area (Å²) in [6.45, 7) is 6.64. The second kappa shape index (κ2) is 13.3. The van der Waals surface area contributed by atoms with E-state index < -0.39 is 0 Å². The Hall–Kier alpha value is -3.70. The molecule has 0 radical (unpaired) electrons. The molecule has 4 aromatic rings. The van der Waals surface area contributed by atoms with E-state index in [1.807, 2.05) is 12.4 Å². The minimum absolute atomic E-state index is 0.505. The summed E-state index contributed by atoms with van der Waals surface area (Å²) in [5.41, 5.74) is 13.4. The van der Waals surface area contributed by atoms with Gasteiger partial charge in [0.2, 0.25) is 0 Å². The number of hydrogen-bond donors (Lipinski definition) is 0. The molecular weight excluding hydrogens is 604 g/mol. The number of rotatable bonds is 4. The Balaban J connectivity index is 0.000000131. The van der Waals surface area contributed by atoms with Crippen LogP contribution >= 0.6 is 0 Å². The van der Waals surface area contributed by atoms with Gasteiger partial charge < -0.3 is 18.9 Å². The number of nitrogens with zero attached hydrogens (tertiary/aromatic N) is 6. The van der Waals surface area contributed by atoms with Crippen molar-refractivity contribution in [3.05, 3.63) is 82.8 Å². The Kier molecular flexibility index (Phi) is 8.42. The molecule has 0 unspecified atom stereocenters. The van der Waals surface area contributed by atoms with Gasteiger partial charge in [-0.25, -0.2) is 9.97 Å². The molecule has 0 amide bonds. The monoisotopic (exact) mass is 648 g/mol. The summed E-state index contributed by atoms with van der Waals surface area (Å²) in [4.78, 5) is 19.1. The smallest absolute Gasteiger partial charge is 0.156 e. The second-order valence-electron chi connectivity index (χ2n) is 13.8. The van der Waals surface area contributed by atoms with Gasteiger partial charge in [0.15, 0.2) is 11.3 Å². The van der Waals surface area contributed by atoms with Gasteiger partial charge in [-0.05, 0) is 67.6 Å². The molecule has 3 saturated heterocycles. The normalized spacial score (nSPS) is 22.2. The lowest BCUT2D eigenvalue weighted by molar-refractivity contribution is 0.0807. The summed E-state index contributed by atoms with van der Waals surface area (Å²) in [6.07, 6.45) is 24.5. The average Bonchev–Trinajstić information content (AvgIpc) is 3.97. The van der Waals surface area contributed by atoms with Crippen LogP contribution in [0, 0.1) is 5.92 Å². The molecule has 0 N–H and O–H groups in total. The van der Waals surface area contributed by atoms with E-state index >= 15 is 0 Å². The third-order valence-electron chi connectivity index (χ3n) is 11.0. The van der Waals surface area contributed by atoms with Gasteiger partial charge in [0, 0.05) is 76.7 Å². The molecule has 0 spiro atoms. The van der Waals surface area contributed by atoms with Gasteiger partial charge in [0.25, 0.3) is 0 Å². The largest absolute Gasteiger partial charge is 0.381 e. The Morgan fingerprint density at radius 3 is 1.69 bits per heavy atom. The molecule has 250 valence electrons. The summed E-state index contributed by atoms with van der Waals surface area (Å²) < 4.78 is 26.5. The van der Waals surface area contributed by atoms with Crippen molar-refractivity contribution >= 4 is 22.4 Å². The van der Waals surface area contributed by atoms with Crippen LogP contribution in [-0.2, 0) is 31.8 Å².